The molecule has 0 spiro atoms. The molecule has 0 unspecified atom stereocenters. The van der Waals surface area contributed by atoms with E-state index in [1.807, 2.05) is 35.4 Å². The number of nitrogens with zero attached hydrogens (tertiary/aromatic N) is 3. The fourth-order valence-electron chi connectivity index (χ4n) is 3.92. The third-order valence-corrected chi connectivity index (χ3v) is 5.64. The molecule has 2 fully saturated rings. The number of likely N-dealkylation sites (tertiary alicyclic amines) is 2. The SMILES string of the molecule is Cc1ccccc1COC1CN(C(=O)[C@@H](c2cccnc2)N2CCCC2)C1. The van der Waals surface area contributed by atoms with Gasteiger partial charge in [0.05, 0.1) is 12.7 Å². The molecule has 2 aliphatic heterocycles. The van der Waals surface area contributed by atoms with E-state index < -0.39 is 0 Å². The zero-order valence-corrected chi connectivity index (χ0v) is 15.9. The lowest BCUT2D eigenvalue weighted by Gasteiger charge is -2.42. The lowest BCUT2D eigenvalue weighted by molar-refractivity contribution is -0.151. The Kier molecular flexibility index (Phi) is 5.50. The Morgan fingerprint density at radius 3 is 2.67 bits per heavy atom. The quantitative estimate of drug-likeness (QED) is 0.790. The number of ether oxygens (including phenoxy) is 1. The van der Waals surface area contributed by atoms with E-state index in [2.05, 4.69) is 28.9 Å². The highest BCUT2D eigenvalue weighted by Crippen LogP contribution is 2.29. The number of carbonyl (C=O) groups is 1. The van der Waals surface area contributed by atoms with Crippen LogP contribution >= 0.6 is 0 Å². The van der Waals surface area contributed by atoms with Crippen molar-refractivity contribution in [1.82, 2.24) is 14.8 Å². The smallest absolute Gasteiger partial charge is 0.244 e. The number of hydrogen-bond donors (Lipinski definition) is 0. The summed E-state index contributed by atoms with van der Waals surface area (Å²) >= 11 is 0. The fourth-order valence-corrected chi connectivity index (χ4v) is 3.92. The predicted molar refractivity (Wildman–Crippen MR) is 104 cm³/mol. The summed E-state index contributed by atoms with van der Waals surface area (Å²) < 4.78 is 6.02. The number of carbonyl (C=O) groups excluding carboxylic acids is 1. The van der Waals surface area contributed by atoms with Crippen LogP contribution in [-0.2, 0) is 16.1 Å². The number of aromatic nitrogens is 1. The Morgan fingerprint density at radius 2 is 1.96 bits per heavy atom. The molecular weight excluding hydrogens is 338 g/mol. The lowest BCUT2D eigenvalue weighted by Crippen LogP contribution is -2.57. The summed E-state index contributed by atoms with van der Waals surface area (Å²) in [6.45, 7) is 6.02. The van der Waals surface area contributed by atoms with E-state index in [0.717, 1.165) is 31.5 Å². The van der Waals surface area contributed by atoms with E-state index >= 15 is 0 Å². The van der Waals surface area contributed by atoms with Gasteiger partial charge in [0.2, 0.25) is 5.91 Å². The van der Waals surface area contributed by atoms with Crippen molar-refractivity contribution < 1.29 is 9.53 Å². The van der Waals surface area contributed by atoms with Crippen LogP contribution in [0.5, 0.6) is 0 Å². The molecule has 2 aromatic rings. The van der Waals surface area contributed by atoms with E-state index in [1.165, 1.54) is 11.1 Å². The fraction of sp³-hybridized carbons (Fsp3) is 0.455. The van der Waals surface area contributed by atoms with Gasteiger partial charge in [-0.15, -0.1) is 0 Å². The van der Waals surface area contributed by atoms with Crippen LogP contribution in [0.25, 0.3) is 0 Å². The molecule has 27 heavy (non-hydrogen) atoms. The van der Waals surface area contributed by atoms with Crippen molar-refractivity contribution >= 4 is 5.91 Å². The largest absolute Gasteiger partial charge is 0.370 e. The van der Waals surface area contributed by atoms with Gasteiger partial charge < -0.3 is 9.64 Å². The molecule has 0 bridgehead atoms. The van der Waals surface area contributed by atoms with Crippen LogP contribution in [0.2, 0.25) is 0 Å². The standard InChI is InChI=1S/C22H27N3O2/c1-17-7-2-3-8-19(17)16-27-20-14-25(15-20)22(26)21(24-11-4-5-12-24)18-9-6-10-23-13-18/h2-3,6-10,13,20-21H,4-5,11-12,14-16H2,1H3/t21-/m1/s1. The van der Waals surface area contributed by atoms with E-state index in [-0.39, 0.29) is 18.1 Å². The molecule has 4 rings (SSSR count). The first-order chi connectivity index (χ1) is 13.2. The molecule has 0 saturated carbocycles. The van der Waals surface area contributed by atoms with Crippen LogP contribution in [0.3, 0.4) is 0 Å². The number of pyridine rings is 1. The Balaban J connectivity index is 1.35. The first-order valence-electron chi connectivity index (χ1n) is 9.81. The maximum atomic E-state index is 13.2. The third kappa shape index (κ3) is 4.04. The third-order valence-electron chi connectivity index (χ3n) is 5.64. The second kappa shape index (κ2) is 8.19. The molecule has 0 radical (unpaired) electrons. The number of hydrogen-bond acceptors (Lipinski definition) is 4. The molecule has 1 amide bonds. The molecule has 1 aromatic heterocycles. The van der Waals surface area contributed by atoms with Crippen molar-refractivity contribution in [2.75, 3.05) is 26.2 Å². The molecule has 5 heteroatoms. The summed E-state index contributed by atoms with van der Waals surface area (Å²) in [5.41, 5.74) is 3.46. The van der Waals surface area contributed by atoms with Crippen LogP contribution in [0, 0.1) is 6.92 Å². The van der Waals surface area contributed by atoms with Crippen LogP contribution in [0.4, 0.5) is 0 Å². The van der Waals surface area contributed by atoms with Gasteiger partial charge in [0, 0.05) is 25.5 Å². The number of amides is 1. The monoisotopic (exact) mass is 365 g/mol. The van der Waals surface area contributed by atoms with E-state index in [1.54, 1.807) is 6.20 Å². The number of benzene rings is 1. The number of rotatable bonds is 6. The van der Waals surface area contributed by atoms with Crippen molar-refractivity contribution in [3.63, 3.8) is 0 Å². The molecule has 1 atom stereocenters. The van der Waals surface area contributed by atoms with Gasteiger partial charge in [-0.2, -0.15) is 0 Å². The highest BCUT2D eigenvalue weighted by Gasteiger charge is 2.39. The minimum Gasteiger partial charge on any atom is -0.370 e. The zero-order chi connectivity index (χ0) is 18.6. The molecule has 142 valence electrons. The van der Waals surface area contributed by atoms with E-state index in [9.17, 15) is 4.79 Å². The molecule has 0 aliphatic carbocycles. The van der Waals surface area contributed by atoms with Crippen LogP contribution in [0.15, 0.2) is 48.8 Å². The Hall–Kier alpha value is -2.24. The van der Waals surface area contributed by atoms with Crippen molar-refractivity contribution in [2.45, 2.75) is 38.5 Å². The van der Waals surface area contributed by atoms with E-state index in [0.29, 0.717) is 19.7 Å². The van der Waals surface area contributed by atoms with Crippen molar-refractivity contribution in [1.29, 1.82) is 0 Å². The van der Waals surface area contributed by atoms with Crippen molar-refractivity contribution in [3.05, 3.63) is 65.5 Å². The van der Waals surface area contributed by atoms with Gasteiger partial charge in [-0.25, -0.2) is 0 Å². The zero-order valence-electron chi connectivity index (χ0n) is 15.9. The van der Waals surface area contributed by atoms with Crippen molar-refractivity contribution in [2.24, 2.45) is 0 Å². The molecular formula is C22H27N3O2. The first kappa shape index (κ1) is 18.1. The number of aryl methyl sites for hydroxylation is 1. The average molecular weight is 365 g/mol. The first-order valence-corrected chi connectivity index (χ1v) is 9.81. The summed E-state index contributed by atoms with van der Waals surface area (Å²) in [5.74, 6) is 0.181. The molecule has 0 N–H and O–H groups in total. The summed E-state index contributed by atoms with van der Waals surface area (Å²) in [7, 11) is 0. The maximum Gasteiger partial charge on any atom is 0.244 e. The normalized spacial score (nSPS) is 19.1. The minimum atomic E-state index is -0.210. The maximum absolute atomic E-state index is 13.2. The molecule has 2 aliphatic rings. The highest BCUT2D eigenvalue weighted by atomic mass is 16.5. The molecule has 5 nitrogen and oxygen atoms in total. The Morgan fingerprint density at radius 1 is 1.19 bits per heavy atom. The molecule has 2 saturated heterocycles. The molecule has 1 aromatic carbocycles. The topological polar surface area (TPSA) is 45.7 Å². The van der Waals surface area contributed by atoms with Crippen LogP contribution in [0.1, 0.15) is 35.6 Å². The van der Waals surface area contributed by atoms with Gasteiger partial charge in [-0.05, 0) is 55.6 Å². The van der Waals surface area contributed by atoms with Gasteiger partial charge in [0.1, 0.15) is 6.04 Å². The average Bonchev–Trinajstić information content (AvgIpc) is 3.17. The van der Waals surface area contributed by atoms with E-state index in [4.69, 9.17) is 4.74 Å². The molecule has 3 heterocycles. The predicted octanol–water partition coefficient (Wildman–Crippen LogP) is 2.95. The Labute approximate surface area is 161 Å². The van der Waals surface area contributed by atoms with Crippen LogP contribution < -0.4 is 0 Å². The van der Waals surface area contributed by atoms with Gasteiger partial charge in [-0.1, -0.05) is 30.3 Å². The van der Waals surface area contributed by atoms with Gasteiger partial charge >= 0.3 is 0 Å². The summed E-state index contributed by atoms with van der Waals surface area (Å²) in [6.07, 6.45) is 6.03. The van der Waals surface area contributed by atoms with Gasteiger partial charge in [-0.3, -0.25) is 14.7 Å². The second-order valence-electron chi connectivity index (χ2n) is 7.53. The summed E-state index contributed by atoms with van der Waals surface area (Å²) in [4.78, 5) is 21.6. The van der Waals surface area contributed by atoms with Gasteiger partial charge in [0.15, 0.2) is 0 Å². The van der Waals surface area contributed by atoms with Crippen LogP contribution in [-0.4, -0.2) is 53.0 Å². The second-order valence-corrected chi connectivity index (χ2v) is 7.53. The summed E-state index contributed by atoms with van der Waals surface area (Å²) in [6, 6.07) is 12.0. The lowest BCUT2D eigenvalue weighted by atomic mass is 10.0. The Bertz CT molecular complexity index is 768. The summed E-state index contributed by atoms with van der Waals surface area (Å²) in [5, 5.41) is 0. The van der Waals surface area contributed by atoms with Gasteiger partial charge in [0.25, 0.3) is 0 Å². The van der Waals surface area contributed by atoms with Crippen molar-refractivity contribution in [3.8, 4) is 0 Å². The minimum absolute atomic E-state index is 0.127. The highest BCUT2D eigenvalue weighted by molar-refractivity contribution is 5.84.